The number of para-hydroxylation sites is 1. The molecule has 1 heterocycles. The van der Waals surface area contributed by atoms with Gasteiger partial charge in [0.1, 0.15) is 11.6 Å². The summed E-state index contributed by atoms with van der Waals surface area (Å²) in [5.74, 6) is -0.524. The summed E-state index contributed by atoms with van der Waals surface area (Å²) < 4.78 is 2.07. The number of fused-ring (bicyclic) bond motifs is 1. The fourth-order valence-corrected chi connectivity index (χ4v) is 4.13. The Morgan fingerprint density at radius 1 is 1.14 bits per heavy atom. The lowest BCUT2D eigenvalue weighted by molar-refractivity contribution is -0.384. The topological polar surface area (TPSA) is 101 Å². The third-order valence-corrected chi connectivity index (χ3v) is 6.10. The van der Waals surface area contributed by atoms with Gasteiger partial charge in [0.15, 0.2) is 0 Å². The zero-order valence-electron chi connectivity index (χ0n) is 19.1. The Hall–Kier alpha value is -4.41. The van der Waals surface area contributed by atoms with E-state index in [-0.39, 0.29) is 11.3 Å². The summed E-state index contributed by atoms with van der Waals surface area (Å²) in [6.45, 7) is 4.25. The number of nitrogens with zero attached hydrogens (tertiary/aromatic N) is 3. The van der Waals surface area contributed by atoms with Gasteiger partial charge in [-0.15, -0.1) is 0 Å². The van der Waals surface area contributed by atoms with Crippen LogP contribution in [0.2, 0.25) is 5.02 Å². The van der Waals surface area contributed by atoms with Crippen LogP contribution in [0.1, 0.15) is 22.4 Å². The van der Waals surface area contributed by atoms with Gasteiger partial charge in [-0.3, -0.25) is 14.9 Å². The number of carbonyl (C=O) groups excluding carboxylic acids is 1. The largest absolute Gasteiger partial charge is 0.340 e. The highest BCUT2D eigenvalue weighted by Crippen LogP contribution is 2.29. The van der Waals surface area contributed by atoms with Crippen LogP contribution in [0.25, 0.3) is 17.0 Å². The van der Waals surface area contributed by atoms with E-state index < -0.39 is 10.8 Å². The first kappa shape index (κ1) is 23.7. The number of nitrogens with one attached hydrogen (secondary N) is 1. The number of carbonyl (C=O) groups is 1. The van der Waals surface area contributed by atoms with E-state index in [1.165, 1.54) is 12.1 Å². The minimum absolute atomic E-state index is 0.0334. The van der Waals surface area contributed by atoms with Crippen molar-refractivity contribution in [2.24, 2.45) is 0 Å². The summed E-state index contributed by atoms with van der Waals surface area (Å²) >= 11 is 6.06. The van der Waals surface area contributed by atoms with E-state index in [1.54, 1.807) is 36.4 Å². The van der Waals surface area contributed by atoms with Crippen LogP contribution in [0.5, 0.6) is 0 Å². The second-order valence-electron chi connectivity index (χ2n) is 8.11. The van der Waals surface area contributed by atoms with Gasteiger partial charge >= 0.3 is 0 Å². The first-order chi connectivity index (χ1) is 16.8. The number of anilines is 1. The number of non-ortho nitro benzene ring substituents is 1. The lowest BCUT2D eigenvalue weighted by Crippen LogP contribution is -2.14. The molecule has 4 aromatic rings. The quantitative estimate of drug-likeness (QED) is 0.148. The molecular formula is C27H21ClN4O3. The fraction of sp³-hybridized carbons (Fsp3) is 0.111. The van der Waals surface area contributed by atoms with E-state index in [4.69, 9.17) is 11.6 Å². The molecule has 0 aliphatic carbocycles. The smallest absolute Gasteiger partial charge is 0.269 e. The van der Waals surface area contributed by atoms with E-state index in [9.17, 15) is 20.2 Å². The molecule has 0 atom stereocenters. The SMILES string of the molecule is Cc1ccc(Cl)cc1NC(=O)/C(C#N)=C/c1c(C)n(Cc2ccc([N+](=O)[O-])cc2)c2ccccc12. The number of rotatable bonds is 6. The van der Waals surface area contributed by atoms with Crippen LogP contribution < -0.4 is 5.32 Å². The maximum atomic E-state index is 12.9. The maximum Gasteiger partial charge on any atom is 0.269 e. The van der Waals surface area contributed by atoms with Gasteiger partial charge in [-0.05, 0) is 49.2 Å². The van der Waals surface area contributed by atoms with Crippen molar-refractivity contribution in [1.29, 1.82) is 5.26 Å². The maximum absolute atomic E-state index is 12.9. The Labute approximate surface area is 207 Å². The van der Waals surface area contributed by atoms with E-state index in [0.29, 0.717) is 17.3 Å². The molecule has 0 bridgehead atoms. The third kappa shape index (κ3) is 4.93. The molecule has 0 radical (unpaired) electrons. The van der Waals surface area contributed by atoms with Crippen molar-refractivity contribution in [2.75, 3.05) is 5.32 Å². The Kier molecular flexibility index (Phi) is 6.67. The minimum Gasteiger partial charge on any atom is -0.340 e. The van der Waals surface area contributed by atoms with E-state index in [2.05, 4.69) is 9.88 Å². The summed E-state index contributed by atoms with van der Waals surface area (Å²) in [7, 11) is 0. The van der Waals surface area contributed by atoms with Gasteiger partial charge in [-0.2, -0.15) is 5.26 Å². The molecule has 4 rings (SSSR count). The summed E-state index contributed by atoms with van der Waals surface area (Å²) in [5, 5.41) is 24.9. The van der Waals surface area contributed by atoms with Gasteiger partial charge in [0.05, 0.1) is 4.92 Å². The number of amides is 1. The molecule has 1 N–H and O–H groups in total. The molecule has 7 nitrogen and oxygen atoms in total. The Morgan fingerprint density at radius 3 is 2.54 bits per heavy atom. The van der Waals surface area contributed by atoms with Crippen LogP contribution in [0, 0.1) is 35.3 Å². The predicted octanol–water partition coefficient (Wildman–Crippen LogP) is 6.41. The molecule has 174 valence electrons. The summed E-state index contributed by atoms with van der Waals surface area (Å²) in [4.78, 5) is 23.5. The number of nitriles is 1. The summed E-state index contributed by atoms with van der Waals surface area (Å²) in [5.41, 5.74) is 4.82. The molecule has 0 unspecified atom stereocenters. The zero-order chi connectivity index (χ0) is 25.1. The number of nitro benzene ring substituents is 1. The van der Waals surface area contributed by atoms with Crippen LogP contribution in [0.3, 0.4) is 0 Å². The first-order valence-electron chi connectivity index (χ1n) is 10.8. The molecule has 8 heteroatoms. The van der Waals surface area contributed by atoms with Gasteiger partial charge in [-0.25, -0.2) is 0 Å². The third-order valence-electron chi connectivity index (χ3n) is 5.87. The molecule has 1 aromatic heterocycles. The highest BCUT2D eigenvalue weighted by molar-refractivity contribution is 6.31. The molecule has 0 saturated heterocycles. The lowest BCUT2D eigenvalue weighted by atomic mass is 10.1. The number of hydrogen-bond acceptors (Lipinski definition) is 4. The Bertz CT molecular complexity index is 1530. The average molecular weight is 485 g/mol. The standard InChI is InChI=1S/C27H21ClN4O3/c1-17-7-10-21(28)14-25(17)30-27(33)20(15-29)13-24-18(2)31(26-6-4-3-5-23(24)26)16-19-8-11-22(12-9-19)32(34)35/h3-14H,16H2,1-2H3,(H,30,33)/b20-13+. The predicted molar refractivity (Wildman–Crippen MR) is 137 cm³/mol. The van der Waals surface area contributed by atoms with Crippen LogP contribution >= 0.6 is 11.6 Å². The lowest BCUT2D eigenvalue weighted by Gasteiger charge is -2.09. The van der Waals surface area contributed by atoms with Crippen molar-refractivity contribution in [3.05, 3.63) is 110 Å². The Morgan fingerprint density at radius 2 is 1.86 bits per heavy atom. The van der Waals surface area contributed by atoms with E-state index in [0.717, 1.165) is 33.3 Å². The normalized spacial score (nSPS) is 11.3. The average Bonchev–Trinajstić information content (AvgIpc) is 3.10. The Balaban J connectivity index is 1.72. The summed E-state index contributed by atoms with van der Waals surface area (Å²) in [6, 6.07) is 21.3. The van der Waals surface area contributed by atoms with Crippen LogP contribution in [0.4, 0.5) is 11.4 Å². The number of aryl methyl sites for hydroxylation is 1. The molecule has 0 aliphatic rings. The van der Waals surface area contributed by atoms with Gasteiger partial charge in [-0.1, -0.05) is 48.0 Å². The second kappa shape index (κ2) is 9.84. The number of aromatic nitrogens is 1. The van der Waals surface area contributed by atoms with Gasteiger partial charge < -0.3 is 9.88 Å². The number of benzene rings is 3. The van der Waals surface area contributed by atoms with Crippen molar-refractivity contribution in [1.82, 2.24) is 4.57 Å². The number of hydrogen-bond donors (Lipinski definition) is 1. The van der Waals surface area contributed by atoms with Crippen molar-refractivity contribution >= 4 is 45.9 Å². The van der Waals surface area contributed by atoms with Gasteiger partial charge in [0.2, 0.25) is 0 Å². The molecule has 0 fully saturated rings. The fourth-order valence-electron chi connectivity index (χ4n) is 3.96. The van der Waals surface area contributed by atoms with Crippen molar-refractivity contribution in [3.63, 3.8) is 0 Å². The first-order valence-corrected chi connectivity index (χ1v) is 11.2. The van der Waals surface area contributed by atoms with E-state index in [1.807, 2.05) is 44.2 Å². The molecule has 0 saturated carbocycles. The zero-order valence-corrected chi connectivity index (χ0v) is 19.8. The van der Waals surface area contributed by atoms with Crippen molar-refractivity contribution in [2.45, 2.75) is 20.4 Å². The van der Waals surface area contributed by atoms with Crippen molar-refractivity contribution < 1.29 is 9.72 Å². The van der Waals surface area contributed by atoms with Crippen LogP contribution in [0.15, 0.2) is 72.3 Å². The number of halogens is 1. The van der Waals surface area contributed by atoms with Gasteiger partial charge in [0.25, 0.3) is 11.6 Å². The monoisotopic (exact) mass is 484 g/mol. The van der Waals surface area contributed by atoms with Crippen LogP contribution in [-0.2, 0) is 11.3 Å². The highest BCUT2D eigenvalue weighted by atomic mass is 35.5. The summed E-state index contributed by atoms with van der Waals surface area (Å²) in [6.07, 6.45) is 1.60. The van der Waals surface area contributed by atoms with E-state index >= 15 is 0 Å². The van der Waals surface area contributed by atoms with Crippen molar-refractivity contribution in [3.8, 4) is 6.07 Å². The molecule has 0 aliphatic heterocycles. The molecule has 1 amide bonds. The number of nitro groups is 1. The molecule has 3 aromatic carbocycles. The van der Waals surface area contributed by atoms with Crippen LogP contribution in [-0.4, -0.2) is 15.4 Å². The van der Waals surface area contributed by atoms with Gasteiger partial charge in [0, 0.05) is 51.5 Å². The minimum atomic E-state index is -0.524. The molecule has 35 heavy (non-hydrogen) atoms. The highest BCUT2D eigenvalue weighted by Gasteiger charge is 2.17. The second-order valence-corrected chi connectivity index (χ2v) is 8.55. The molecule has 0 spiro atoms. The molecular weight excluding hydrogens is 464 g/mol.